The number of alkyl halides is 1. The predicted molar refractivity (Wildman–Crippen MR) is 115 cm³/mol. The van der Waals surface area contributed by atoms with Gasteiger partial charge in [0.2, 0.25) is 0 Å². The monoisotopic (exact) mass is 455 g/mol. The van der Waals surface area contributed by atoms with Crippen LogP contribution in [-0.4, -0.2) is 36.8 Å². The lowest BCUT2D eigenvalue weighted by atomic mass is 9.92. The van der Waals surface area contributed by atoms with Crippen molar-refractivity contribution in [1.82, 2.24) is 4.42 Å². The van der Waals surface area contributed by atoms with E-state index < -0.39 is 17.5 Å². The van der Waals surface area contributed by atoms with Crippen LogP contribution in [0.2, 0.25) is 0 Å². The zero-order valence-corrected chi connectivity index (χ0v) is 18.2. The zero-order chi connectivity index (χ0) is 22.7. The average Bonchev–Trinajstić information content (AvgIpc) is 2.81. The number of nitrogens with zero attached hydrogens (tertiary/aromatic N) is 1. The van der Waals surface area contributed by atoms with Crippen LogP contribution in [0.5, 0.6) is 0 Å². The van der Waals surface area contributed by atoms with Gasteiger partial charge in [-0.1, -0.05) is 54.6 Å². The van der Waals surface area contributed by atoms with Gasteiger partial charge in [0.05, 0.1) is 0 Å². The van der Waals surface area contributed by atoms with Gasteiger partial charge in [-0.15, -0.1) is 11.6 Å². The molecule has 3 rings (SSSR count). The van der Waals surface area contributed by atoms with Crippen LogP contribution in [0.25, 0.3) is 0 Å². The first-order valence-corrected chi connectivity index (χ1v) is 10.1. The van der Waals surface area contributed by atoms with Crippen LogP contribution in [0, 0.1) is 5.41 Å². The Labute approximate surface area is 188 Å². The van der Waals surface area contributed by atoms with Crippen molar-refractivity contribution in [2.45, 2.75) is 26.0 Å². The smallest absolute Gasteiger partial charge is 0.460 e. The summed E-state index contributed by atoms with van der Waals surface area (Å²) in [5, 5.41) is 0. The fourth-order valence-corrected chi connectivity index (χ4v) is 2.78. The van der Waals surface area contributed by atoms with Crippen molar-refractivity contribution in [2.24, 2.45) is 5.41 Å². The number of halogens is 2. The Morgan fingerprint density at radius 1 is 1.10 bits per heavy atom. The van der Waals surface area contributed by atoms with Crippen LogP contribution in [-0.2, 0) is 38.0 Å². The molecule has 0 aromatic heterocycles. The quantitative estimate of drug-likeness (QED) is 0.350. The molecule has 1 aliphatic heterocycles. The lowest BCUT2D eigenvalue weighted by Gasteiger charge is -2.29. The minimum atomic E-state index is -0.954. The third-order valence-corrected chi connectivity index (χ3v) is 4.68. The number of hydrogen-bond donors (Lipinski definition) is 0. The molecule has 1 saturated heterocycles. The summed E-state index contributed by atoms with van der Waals surface area (Å²) >= 11 is 11.3. The Kier molecular flexibility index (Phi) is 8.81. The van der Waals surface area contributed by atoms with Gasteiger partial charge in [-0.25, -0.2) is 9.21 Å². The summed E-state index contributed by atoms with van der Waals surface area (Å²) in [6.07, 6.45) is -0.757. The number of benzene rings is 2. The van der Waals surface area contributed by atoms with Gasteiger partial charge in [-0.2, -0.15) is 0 Å². The lowest BCUT2D eigenvalue weighted by Crippen LogP contribution is -2.44. The molecule has 0 spiro atoms. The highest BCUT2D eigenvalue weighted by Gasteiger charge is 2.41. The minimum Gasteiger partial charge on any atom is -0.460 e. The van der Waals surface area contributed by atoms with Crippen LogP contribution in [0.4, 0.5) is 4.79 Å². The fraction of sp³-hybridized carbons (Fsp3) is 0.364. The number of ether oxygens (including phenoxy) is 3. The van der Waals surface area contributed by atoms with Crippen LogP contribution < -0.4 is 0 Å². The zero-order valence-electron chi connectivity index (χ0n) is 17.7. The highest BCUT2D eigenvalue weighted by atomic mass is 35.5. The van der Waals surface area contributed by atoms with Crippen molar-refractivity contribution in [1.29, 1.82) is 0 Å². The van der Waals surface area contributed by atoms with Gasteiger partial charge in [-0.3, -0.25) is 4.79 Å². The van der Waals surface area contributed by atoms with Crippen LogP contribution >= 0.6 is 23.4 Å². The van der Waals surface area contributed by atoms with E-state index in [4.69, 9.17) is 39.0 Å². The van der Waals surface area contributed by atoms with Crippen molar-refractivity contribution < 1.29 is 25.2 Å². The summed E-state index contributed by atoms with van der Waals surface area (Å²) in [6.45, 7) is 2.36. The molecule has 0 aliphatic carbocycles. The highest BCUT2D eigenvalue weighted by molar-refractivity contribution is 6.17. The molecule has 0 unspecified atom stereocenters. The molecule has 1 aliphatic rings. The Bertz CT molecular complexity index is 826. The molecule has 0 bridgehead atoms. The van der Waals surface area contributed by atoms with Gasteiger partial charge < -0.3 is 14.2 Å². The van der Waals surface area contributed by atoms with E-state index in [2.05, 4.69) is 0 Å². The number of esters is 1. The summed E-state index contributed by atoms with van der Waals surface area (Å²) in [7, 11) is 0.121. The molecule has 2 aromatic rings. The summed E-state index contributed by atoms with van der Waals surface area (Å²) in [6, 6.07) is 17.3. The van der Waals surface area contributed by atoms with Crippen LogP contribution in [0.1, 0.15) is 25.0 Å². The van der Waals surface area contributed by atoms with Crippen molar-refractivity contribution in [2.75, 3.05) is 20.2 Å². The Balaban J connectivity index is 0.000000262. The molecule has 8 heteroatoms. The third kappa shape index (κ3) is 7.86. The van der Waals surface area contributed by atoms with E-state index in [9.17, 15) is 9.59 Å². The Morgan fingerprint density at radius 2 is 1.70 bits per heavy atom. The number of carbonyl (C=O) groups is 2. The van der Waals surface area contributed by atoms with Crippen molar-refractivity contribution in [3.05, 3.63) is 71.3 Å². The Hall–Kier alpha value is -2.28. The molecule has 0 saturated carbocycles. The van der Waals surface area contributed by atoms with Gasteiger partial charge in [0.1, 0.15) is 25.2 Å². The molecule has 0 amide bonds. The molecule has 0 N–H and O–H groups in total. The summed E-state index contributed by atoms with van der Waals surface area (Å²) in [5.74, 6) is -0.00711. The maximum absolute atomic E-state index is 12.0. The molecule has 1 heterocycles. The van der Waals surface area contributed by atoms with Gasteiger partial charge in [0.15, 0.2) is 0 Å². The summed E-state index contributed by atoms with van der Waals surface area (Å²) in [5.41, 5.74) is 2.05. The lowest BCUT2D eigenvalue weighted by molar-refractivity contribution is -0.167. The molecule has 0 radical (unpaired) electrons. The van der Waals surface area contributed by atoms with E-state index in [0.29, 0.717) is 12.4 Å². The van der Waals surface area contributed by atoms with Gasteiger partial charge in [0, 0.05) is 20.8 Å². The number of carbonyl (C=O) groups excluding carboxylic acids is 2. The maximum atomic E-state index is 12.0. The van der Waals surface area contributed by atoms with E-state index in [1.165, 1.54) is 4.42 Å². The molecule has 2 aromatic carbocycles. The minimum absolute atomic E-state index is 0.0319. The van der Waals surface area contributed by atoms with E-state index in [0.717, 1.165) is 16.7 Å². The predicted octanol–water partition coefficient (Wildman–Crippen LogP) is 4.91. The van der Waals surface area contributed by atoms with Gasteiger partial charge in [-0.05, 0) is 35.4 Å². The van der Waals surface area contributed by atoms with Crippen LogP contribution in [0.15, 0.2) is 54.6 Å². The normalized spacial score (nSPS) is 15.2. The molecule has 0 atom stereocenters. The first-order valence-electron chi connectivity index (χ1n) is 9.91. The molecular formula is C22H25Cl2NO5. The number of cyclic esters (lactones) is 2. The highest BCUT2D eigenvalue weighted by Crippen LogP contribution is 2.24. The standard InChI is InChI=1S/C14H15ClO5.C8H10ClN/c1-14(8-19-13(17)20-9-14)12(16)18-7-11-4-2-10(6-15)3-5-11;1-10(9)7-8-5-3-2-4-6-8/h2-5H,6-9H2,1H3;2-6H,7H2,1H3/i;1T. The van der Waals surface area contributed by atoms with E-state index in [1.54, 1.807) is 6.92 Å². The topological polar surface area (TPSA) is 65.1 Å². The molecule has 162 valence electrons. The second kappa shape index (κ2) is 11.8. The Morgan fingerprint density at radius 3 is 2.27 bits per heavy atom. The van der Waals surface area contributed by atoms with Crippen LogP contribution in [0.3, 0.4) is 0 Å². The SMILES string of the molecule is CC1(C(=O)OCc2ccc(CCl)cc2)COC(=O)OC1.[3H]CN(Cl)Cc1ccccc1. The van der Waals surface area contributed by atoms with Crippen molar-refractivity contribution in [3.8, 4) is 0 Å². The van der Waals surface area contributed by atoms with E-state index in [1.807, 2.05) is 54.6 Å². The summed E-state index contributed by atoms with van der Waals surface area (Å²) in [4.78, 5) is 22.8. The second-order valence-corrected chi connectivity index (χ2v) is 7.77. The molecular weight excluding hydrogens is 429 g/mol. The average molecular weight is 456 g/mol. The fourth-order valence-electron chi connectivity index (χ4n) is 2.47. The maximum Gasteiger partial charge on any atom is 0.508 e. The number of hydrogen-bond acceptors (Lipinski definition) is 6. The van der Waals surface area contributed by atoms with Gasteiger partial charge >= 0.3 is 12.1 Å². The third-order valence-electron chi connectivity index (χ3n) is 4.25. The van der Waals surface area contributed by atoms with E-state index in [-0.39, 0.29) is 26.8 Å². The van der Waals surface area contributed by atoms with Crippen molar-refractivity contribution in [3.63, 3.8) is 0 Å². The summed E-state index contributed by atoms with van der Waals surface area (Å²) < 4.78 is 23.1. The molecule has 1 fully saturated rings. The van der Waals surface area contributed by atoms with E-state index >= 15 is 0 Å². The van der Waals surface area contributed by atoms with Gasteiger partial charge in [0.25, 0.3) is 0 Å². The first kappa shape index (κ1) is 22.4. The van der Waals surface area contributed by atoms with Crippen molar-refractivity contribution >= 4 is 35.5 Å². The number of rotatable bonds is 6. The largest absolute Gasteiger partial charge is 0.508 e. The first-order chi connectivity index (χ1) is 14.9. The molecule has 30 heavy (non-hydrogen) atoms. The molecule has 6 nitrogen and oxygen atoms in total. The second-order valence-electron chi connectivity index (χ2n) is 7.02.